The molecule has 0 aromatic heterocycles. The molecule has 0 aliphatic carbocycles. The second-order valence-corrected chi connectivity index (χ2v) is 5.01. The van der Waals surface area contributed by atoms with Crippen molar-refractivity contribution in [2.75, 3.05) is 20.1 Å². The summed E-state index contributed by atoms with van der Waals surface area (Å²) in [5.41, 5.74) is 1.18. The largest absolute Gasteiger partial charge is 0.343 e. The number of piperazine rings is 1. The number of hydrogen-bond acceptors (Lipinski definition) is 2. The van der Waals surface area contributed by atoms with Gasteiger partial charge in [0.25, 0.3) is 0 Å². The summed E-state index contributed by atoms with van der Waals surface area (Å²) in [4.78, 5) is 13.6. The number of hydrogen-bond donors (Lipinski definition) is 1. The molecule has 3 nitrogen and oxygen atoms in total. The lowest BCUT2D eigenvalue weighted by molar-refractivity contribution is -0.134. The zero-order chi connectivity index (χ0) is 11.5. The van der Waals surface area contributed by atoms with E-state index in [1.807, 2.05) is 31.3 Å². The van der Waals surface area contributed by atoms with Crippen LogP contribution in [-0.4, -0.2) is 37.0 Å². The van der Waals surface area contributed by atoms with Crippen LogP contribution in [0.4, 0.5) is 0 Å². The third-order valence-electron chi connectivity index (χ3n) is 2.87. The Kier molecular flexibility index (Phi) is 3.61. The van der Waals surface area contributed by atoms with Gasteiger partial charge in [0.2, 0.25) is 5.91 Å². The Hall–Kier alpha value is -0.870. The molecule has 1 aromatic rings. The Balaban J connectivity index is 2.03. The molecule has 1 N–H and O–H groups in total. The maximum atomic E-state index is 11.9. The average Bonchev–Trinajstić information content (AvgIpc) is 2.28. The highest BCUT2D eigenvalue weighted by atomic mass is 79.9. The van der Waals surface area contributed by atoms with Gasteiger partial charge in [-0.3, -0.25) is 4.79 Å². The molecule has 1 saturated heterocycles. The molecule has 0 bridgehead atoms. The summed E-state index contributed by atoms with van der Waals surface area (Å²) in [5, 5.41) is 3.26. The Morgan fingerprint density at radius 3 is 2.81 bits per heavy atom. The number of amides is 1. The van der Waals surface area contributed by atoms with Gasteiger partial charge >= 0.3 is 0 Å². The van der Waals surface area contributed by atoms with E-state index in [1.165, 1.54) is 5.56 Å². The Morgan fingerprint density at radius 2 is 2.12 bits per heavy atom. The van der Waals surface area contributed by atoms with Gasteiger partial charge in [0.15, 0.2) is 0 Å². The van der Waals surface area contributed by atoms with Gasteiger partial charge < -0.3 is 10.2 Å². The van der Waals surface area contributed by atoms with Gasteiger partial charge in [-0.25, -0.2) is 0 Å². The normalized spacial score (nSPS) is 21.2. The van der Waals surface area contributed by atoms with Gasteiger partial charge in [0.1, 0.15) is 0 Å². The molecular weight excluding hydrogens is 268 g/mol. The maximum Gasteiger partial charge on any atom is 0.239 e. The molecule has 1 aliphatic heterocycles. The minimum Gasteiger partial charge on any atom is -0.343 e. The molecule has 1 heterocycles. The molecule has 1 aromatic carbocycles. The number of nitrogens with one attached hydrogen (secondary N) is 1. The predicted octanol–water partition coefficient (Wildman–Crippen LogP) is 1.42. The van der Waals surface area contributed by atoms with Crippen molar-refractivity contribution in [3.63, 3.8) is 0 Å². The van der Waals surface area contributed by atoms with Crippen LogP contribution in [0.15, 0.2) is 28.7 Å². The Labute approximate surface area is 104 Å². The first kappa shape index (κ1) is 11.6. The number of halogens is 1. The van der Waals surface area contributed by atoms with Gasteiger partial charge in [-0.1, -0.05) is 28.1 Å². The van der Waals surface area contributed by atoms with Crippen molar-refractivity contribution in [3.05, 3.63) is 34.3 Å². The van der Waals surface area contributed by atoms with Crippen LogP contribution in [0.5, 0.6) is 0 Å². The van der Waals surface area contributed by atoms with Crippen LogP contribution in [0.2, 0.25) is 0 Å². The van der Waals surface area contributed by atoms with Gasteiger partial charge in [-0.15, -0.1) is 0 Å². The molecule has 1 fully saturated rings. The molecule has 16 heavy (non-hydrogen) atoms. The zero-order valence-electron chi connectivity index (χ0n) is 9.24. The van der Waals surface area contributed by atoms with E-state index in [2.05, 4.69) is 21.2 Å². The summed E-state index contributed by atoms with van der Waals surface area (Å²) in [5.74, 6) is 0.189. The Bertz CT molecular complexity index is 377. The highest BCUT2D eigenvalue weighted by Crippen LogP contribution is 2.13. The van der Waals surface area contributed by atoms with Crippen molar-refractivity contribution in [3.8, 4) is 0 Å². The van der Waals surface area contributed by atoms with E-state index in [1.54, 1.807) is 4.90 Å². The number of rotatable bonds is 2. The third-order valence-corrected chi connectivity index (χ3v) is 3.39. The smallest absolute Gasteiger partial charge is 0.239 e. The summed E-state index contributed by atoms with van der Waals surface area (Å²) in [6, 6.07) is 8.04. The predicted molar refractivity (Wildman–Crippen MR) is 67.3 cm³/mol. The highest BCUT2D eigenvalue weighted by molar-refractivity contribution is 9.10. The van der Waals surface area contributed by atoms with E-state index in [-0.39, 0.29) is 11.9 Å². The zero-order valence-corrected chi connectivity index (χ0v) is 10.8. The minimum atomic E-state index is -0.0695. The van der Waals surface area contributed by atoms with E-state index < -0.39 is 0 Å². The van der Waals surface area contributed by atoms with Crippen molar-refractivity contribution in [1.82, 2.24) is 10.2 Å². The van der Waals surface area contributed by atoms with Crippen LogP contribution in [-0.2, 0) is 11.2 Å². The van der Waals surface area contributed by atoms with Crippen LogP contribution in [0.3, 0.4) is 0 Å². The molecule has 1 amide bonds. The number of carbonyl (C=O) groups is 1. The summed E-state index contributed by atoms with van der Waals surface area (Å²) < 4.78 is 1.07. The maximum absolute atomic E-state index is 11.9. The molecule has 86 valence electrons. The topological polar surface area (TPSA) is 32.3 Å². The fourth-order valence-electron chi connectivity index (χ4n) is 1.89. The Morgan fingerprint density at radius 1 is 1.44 bits per heavy atom. The van der Waals surface area contributed by atoms with Crippen molar-refractivity contribution in [2.45, 2.75) is 12.5 Å². The van der Waals surface area contributed by atoms with E-state index in [9.17, 15) is 4.79 Å². The fourth-order valence-corrected chi connectivity index (χ4v) is 2.15. The van der Waals surface area contributed by atoms with Crippen molar-refractivity contribution < 1.29 is 4.79 Å². The second kappa shape index (κ2) is 4.97. The fraction of sp³-hybridized carbons (Fsp3) is 0.417. The van der Waals surface area contributed by atoms with Crippen LogP contribution in [0.1, 0.15) is 5.56 Å². The van der Waals surface area contributed by atoms with Crippen molar-refractivity contribution in [2.24, 2.45) is 0 Å². The average molecular weight is 283 g/mol. The van der Waals surface area contributed by atoms with Crippen LogP contribution < -0.4 is 5.32 Å². The third kappa shape index (κ3) is 2.62. The molecule has 2 rings (SSSR count). The second-order valence-electron chi connectivity index (χ2n) is 4.10. The molecular formula is C12H15BrN2O. The van der Waals surface area contributed by atoms with E-state index in [4.69, 9.17) is 0 Å². The number of likely N-dealkylation sites (N-methyl/N-ethyl adjacent to an activating group) is 1. The van der Waals surface area contributed by atoms with E-state index in [0.29, 0.717) is 0 Å². The molecule has 0 radical (unpaired) electrons. The van der Waals surface area contributed by atoms with Gasteiger partial charge in [0.05, 0.1) is 6.04 Å². The summed E-state index contributed by atoms with van der Waals surface area (Å²) >= 11 is 3.40. The quantitative estimate of drug-likeness (QED) is 0.890. The number of benzene rings is 1. The van der Waals surface area contributed by atoms with Crippen LogP contribution in [0, 0.1) is 0 Å². The van der Waals surface area contributed by atoms with E-state index >= 15 is 0 Å². The number of carbonyl (C=O) groups excluding carboxylic acids is 1. The minimum absolute atomic E-state index is 0.0695. The summed E-state index contributed by atoms with van der Waals surface area (Å²) in [6.45, 7) is 1.68. The SMILES string of the molecule is CN1CCNC(Cc2ccc(Br)cc2)C1=O. The molecule has 1 unspecified atom stereocenters. The first-order valence-electron chi connectivity index (χ1n) is 5.39. The lowest BCUT2D eigenvalue weighted by atomic mass is 10.0. The van der Waals surface area contributed by atoms with Gasteiger partial charge in [0, 0.05) is 24.6 Å². The van der Waals surface area contributed by atoms with Crippen molar-refractivity contribution in [1.29, 1.82) is 0 Å². The lowest BCUT2D eigenvalue weighted by Crippen LogP contribution is -2.54. The first-order chi connectivity index (χ1) is 7.66. The van der Waals surface area contributed by atoms with Gasteiger partial charge in [-0.05, 0) is 24.1 Å². The monoisotopic (exact) mass is 282 g/mol. The number of nitrogens with zero attached hydrogens (tertiary/aromatic N) is 1. The van der Waals surface area contributed by atoms with Crippen LogP contribution >= 0.6 is 15.9 Å². The van der Waals surface area contributed by atoms with E-state index in [0.717, 1.165) is 24.0 Å². The summed E-state index contributed by atoms with van der Waals surface area (Å²) in [7, 11) is 1.86. The van der Waals surface area contributed by atoms with Gasteiger partial charge in [-0.2, -0.15) is 0 Å². The van der Waals surface area contributed by atoms with Crippen LogP contribution in [0.25, 0.3) is 0 Å². The van der Waals surface area contributed by atoms with Crippen molar-refractivity contribution >= 4 is 21.8 Å². The highest BCUT2D eigenvalue weighted by Gasteiger charge is 2.25. The summed E-state index contributed by atoms with van der Waals surface area (Å²) in [6.07, 6.45) is 0.760. The molecule has 0 spiro atoms. The lowest BCUT2D eigenvalue weighted by Gasteiger charge is -2.30. The standard InChI is InChI=1S/C12H15BrN2O/c1-15-7-6-14-11(12(15)16)8-9-2-4-10(13)5-3-9/h2-5,11,14H,6-8H2,1H3. The molecule has 1 aliphatic rings. The first-order valence-corrected chi connectivity index (χ1v) is 6.19. The molecule has 1 atom stereocenters. The molecule has 4 heteroatoms. The molecule has 0 saturated carbocycles.